The van der Waals surface area contributed by atoms with Gasteiger partial charge in [0, 0.05) is 17.8 Å². The zero-order chi connectivity index (χ0) is 23.8. The summed E-state index contributed by atoms with van der Waals surface area (Å²) < 4.78 is 0. The highest BCUT2D eigenvalue weighted by Crippen LogP contribution is 2.46. The van der Waals surface area contributed by atoms with Crippen LogP contribution in [0.1, 0.15) is 30.5 Å². The second kappa shape index (κ2) is 11.4. The second-order valence-corrected chi connectivity index (χ2v) is 8.00. The molecular weight excluding hydrogens is 416 g/mol. The van der Waals surface area contributed by atoms with Crippen molar-refractivity contribution in [3.8, 4) is 0 Å². The van der Waals surface area contributed by atoms with E-state index in [-0.39, 0.29) is 13.1 Å². The summed E-state index contributed by atoms with van der Waals surface area (Å²) in [7, 11) is 0. The Balaban J connectivity index is 2.42. The van der Waals surface area contributed by atoms with Gasteiger partial charge in [-0.2, -0.15) is 0 Å². The van der Waals surface area contributed by atoms with Gasteiger partial charge in [-0.25, -0.2) is 0 Å². The molecule has 0 aliphatic carbocycles. The molecule has 0 aromatic heterocycles. The molecule has 0 bridgehead atoms. The molecule has 0 amide bonds. The average molecular weight is 451 g/mol. The second-order valence-electron chi connectivity index (χ2n) is 8.00. The fraction of sp³-hybridized carbons (Fsp3) is 0.333. The Hall–Kier alpha value is -2.74. The summed E-state index contributed by atoms with van der Waals surface area (Å²) in [6, 6.07) is 27.9. The van der Waals surface area contributed by atoms with Gasteiger partial charge in [0.15, 0.2) is 12.6 Å². The van der Waals surface area contributed by atoms with Crippen molar-refractivity contribution in [3.05, 3.63) is 102 Å². The molecular formula is C27H34N2O4. The molecule has 3 aromatic carbocycles. The molecule has 3 rings (SSSR count). The summed E-state index contributed by atoms with van der Waals surface area (Å²) in [5.41, 5.74) is 2.88. The average Bonchev–Trinajstić information content (AvgIpc) is 2.83. The number of para-hydroxylation sites is 1. The molecule has 0 saturated heterocycles. The Morgan fingerprint density at radius 2 is 1.12 bits per heavy atom. The monoisotopic (exact) mass is 450 g/mol. The van der Waals surface area contributed by atoms with Gasteiger partial charge in [-0.15, -0.1) is 0 Å². The van der Waals surface area contributed by atoms with Crippen LogP contribution in [0, 0.1) is 0 Å². The predicted octanol–water partition coefficient (Wildman–Crippen LogP) is 2.75. The minimum atomic E-state index is -1.52. The Bertz CT molecular complexity index is 940. The summed E-state index contributed by atoms with van der Waals surface area (Å²) >= 11 is 0. The number of anilines is 1. The Labute approximate surface area is 196 Å². The van der Waals surface area contributed by atoms with Crippen LogP contribution in [0.3, 0.4) is 0 Å². The van der Waals surface area contributed by atoms with E-state index in [1.54, 1.807) is 0 Å². The van der Waals surface area contributed by atoms with Crippen molar-refractivity contribution >= 4 is 5.69 Å². The number of aliphatic hydroxyl groups excluding tert-OH is 2. The molecule has 6 heteroatoms. The molecule has 4 N–H and O–H groups in total. The largest absolute Gasteiger partial charge is 0.367 e. The van der Waals surface area contributed by atoms with Crippen LogP contribution in [0.15, 0.2) is 84.9 Å². The highest BCUT2D eigenvalue weighted by Gasteiger charge is 2.44. The quantitative estimate of drug-likeness (QED) is 0.265. The molecule has 0 fully saturated rings. The summed E-state index contributed by atoms with van der Waals surface area (Å²) in [5.74, 6) is 0. The molecule has 0 spiro atoms. The van der Waals surface area contributed by atoms with E-state index in [1.165, 1.54) is 0 Å². The van der Waals surface area contributed by atoms with E-state index in [0.717, 1.165) is 22.4 Å². The minimum Gasteiger partial charge on any atom is -0.367 e. The van der Waals surface area contributed by atoms with Crippen LogP contribution < -0.4 is 4.90 Å². The van der Waals surface area contributed by atoms with Crippen molar-refractivity contribution < 1.29 is 20.4 Å². The zero-order valence-corrected chi connectivity index (χ0v) is 19.2. The Kier molecular flexibility index (Phi) is 8.61. The lowest BCUT2D eigenvalue weighted by atomic mass is 9.74. The first-order valence-electron chi connectivity index (χ1n) is 11.4. The minimum absolute atomic E-state index is 0.0311. The van der Waals surface area contributed by atoms with Crippen LogP contribution in [0.25, 0.3) is 0 Å². The van der Waals surface area contributed by atoms with E-state index in [2.05, 4.69) is 4.90 Å². The van der Waals surface area contributed by atoms with Crippen LogP contribution in [0.5, 0.6) is 0 Å². The molecule has 176 valence electrons. The van der Waals surface area contributed by atoms with Crippen LogP contribution >= 0.6 is 0 Å². The smallest absolute Gasteiger partial charge is 0.169 e. The molecule has 0 saturated carbocycles. The zero-order valence-electron chi connectivity index (χ0n) is 19.2. The highest BCUT2D eigenvalue weighted by molar-refractivity contribution is 5.63. The number of likely N-dealkylation sites (N-methyl/N-ethyl adjacent to an activating group) is 2. The van der Waals surface area contributed by atoms with Crippen molar-refractivity contribution in [3.63, 3.8) is 0 Å². The molecule has 0 unspecified atom stereocenters. The Morgan fingerprint density at radius 3 is 1.58 bits per heavy atom. The van der Waals surface area contributed by atoms with Crippen LogP contribution in [0.2, 0.25) is 0 Å². The first-order chi connectivity index (χ1) is 15.9. The normalized spacial score (nSPS) is 12.0. The van der Waals surface area contributed by atoms with Gasteiger partial charge in [-0.05, 0) is 30.7 Å². The molecule has 0 aliphatic heterocycles. The van der Waals surface area contributed by atoms with E-state index in [0.29, 0.717) is 13.1 Å². The number of hydrogen-bond acceptors (Lipinski definition) is 6. The number of aliphatic hydroxyl groups is 4. The van der Waals surface area contributed by atoms with Crippen LogP contribution in [-0.4, -0.2) is 64.1 Å². The first-order valence-corrected chi connectivity index (χ1v) is 11.4. The highest BCUT2D eigenvalue weighted by atomic mass is 16.5. The lowest BCUT2D eigenvalue weighted by Gasteiger charge is -2.47. The first kappa shape index (κ1) is 24.9. The van der Waals surface area contributed by atoms with Gasteiger partial charge in [-0.1, -0.05) is 85.8 Å². The predicted molar refractivity (Wildman–Crippen MR) is 131 cm³/mol. The molecule has 0 atom stereocenters. The summed E-state index contributed by atoms with van der Waals surface area (Å²) in [4.78, 5) is 3.99. The lowest BCUT2D eigenvalue weighted by molar-refractivity contribution is -0.0726. The van der Waals surface area contributed by atoms with E-state index in [1.807, 2.05) is 104 Å². The van der Waals surface area contributed by atoms with Crippen molar-refractivity contribution in [2.24, 2.45) is 0 Å². The van der Waals surface area contributed by atoms with E-state index < -0.39 is 18.1 Å². The van der Waals surface area contributed by atoms with Crippen LogP contribution in [-0.2, 0) is 5.54 Å². The molecule has 0 heterocycles. The molecule has 0 radical (unpaired) electrons. The number of nitrogens with zero attached hydrogens (tertiary/aromatic N) is 2. The molecule has 33 heavy (non-hydrogen) atoms. The SMILES string of the molecule is CCN(CC(O)O)c1ccccc1C(c1ccccc1)(c1ccccc1)N(CC)CC(O)O. The summed E-state index contributed by atoms with van der Waals surface area (Å²) in [6.07, 6.45) is -3.01. The van der Waals surface area contributed by atoms with Gasteiger partial charge in [0.25, 0.3) is 0 Å². The fourth-order valence-corrected chi connectivity index (χ4v) is 4.72. The molecule has 3 aromatic rings. The van der Waals surface area contributed by atoms with Crippen molar-refractivity contribution in [1.82, 2.24) is 4.90 Å². The van der Waals surface area contributed by atoms with Crippen molar-refractivity contribution in [2.75, 3.05) is 31.1 Å². The van der Waals surface area contributed by atoms with Crippen molar-refractivity contribution in [1.29, 1.82) is 0 Å². The third-order valence-electron chi connectivity index (χ3n) is 6.02. The lowest BCUT2D eigenvalue weighted by Crippen LogP contribution is -2.51. The summed E-state index contributed by atoms with van der Waals surface area (Å²) in [5, 5.41) is 39.6. The maximum atomic E-state index is 10.0. The Morgan fingerprint density at radius 1 is 0.636 bits per heavy atom. The topological polar surface area (TPSA) is 87.4 Å². The van der Waals surface area contributed by atoms with Gasteiger partial charge in [0.05, 0.1) is 18.6 Å². The fourth-order valence-electron chi connectivity index (χ4n) is 4.72. The third kappa shape index (κ3) is 5.27. The van der Waals surface area contributed by atoms with Gasteiger partial charge in [0.1, 0.15) is 0 Å². The maximum Gasteiger partial charge on any atom is 0.169 e. The third-order valence-corrected chi connectivity index (χ3v) is 6.02. The number of benzene rings is 3. The van der Waals surface area contributed by atoms with Gasteiger partial charge >= 0.3 is 0 Å². The van der Waals surface area contributed by atoms with E-state index in [4.69, 9.17) is 0 Å². The van der Waals surface area contributed by atoms with E-state index >= 15 is 0 Å². The van der Waals surface area contributed by atoms with E-state index in [9.17, 15) is 20.4 Å². The maximum absolute atomic E-state index is 10.0. The number of rotatable bonds is 11. The van der Waals surface area contributed by atoms with Gasteiger partial charge in [0.2, 0.25) is 0 Å². The molecule has 0 aliphatic rings. The van der Waals surface area contributed by atoms with Gasteiger partial charge < -0.3 is 25.3 Å². The molecule has 6 nitrogen and oxygen atoms in total. The van der Waals surface area contributed by atoms with Crippen molar-refractivity contribution in [2.45, 2.75) is 32.0 Å². The van der Waals surface area contributed by atoms with Crippen LogP contribution in [0.4, 0.5) is 5.69 Å². The standard InChI is InChI=1S/C27H34N2O4/c1-3-28(19-25(30)31)24-18-12-11-17-23(24)27(21-13-7-5-8-14-21,22-15-9-6-10-16-22)29(4-2)20-26(32)33/h5-18,25-26,30-33H,3-4,19-20H2,1-2H3. The number of hydrogen-bond donors (Lipinski definition) is 4. The summed E-state index contributed by atoms with van der Waals surface area (Å²) in [6.45, 7) is 5.18. The van der Waals surface area contributed by atoms with Gasteiger partial charge in [-0.3, -0.25) is 4.90 Å².